The minimum absolute atomic E-state index is 0.185. The van der Waals surface area contributed by atoms with Gasteiger partial charge in [-0.05, 0) is 43.7 Å². The molecule has 0 spiro atoms. The number of hydrogen-bond acceptors (Lipinski definition) is 3. The number of aromatic amines is 1. The molecule has 0 saturated carbocycles. The zero-order chi connectivity index (χ0) is 17.1. The molecule has 4 aromatic rings. The molecule has 8 heteroatoms. The minimum Gasteiger partial charge on any atom is -0.281 e. The monoisotopic (exact) mass is 331 g/mol. The van der Waals surface area contributed by atoms with Crippen LogP contribution in [0.25, 0.3) is 27.8 Å². The lowest BCUT2D eigenvalue weighted by molar-refractivity contribution is -0.141. The molecule has 3 heterocycles. The van der Waals surface area contributed by atoms with Gasteiger partial charge in [0.2, 0.25) is 0 Å². The van der Waals surface area contributed by atoms with Crippen LogP contribution in [0.15, 0.2) is 30.5 Å². The van der Waals surface area contributed by atoms with Crippen LogP contribution in [-0.4, -0.2) is 24.7 Å². The van der Waals surface area contributed by atoms with Crippen molar-refractivity contribution in [2.24, 2.45) is 0 Å². The van der Waals surface area contributed by atoms with E-state index in [9.17, 15) is 13.2 Å². The van der Waals surface area contributed by atoms with Gasteiger partial charge in [-0.1, -0.05) is 0 Å². The topological polar surface area (TPSA) is 59.4 Å². The van der Waals surface area contributed by atoms with Gasteiger partial charge in [-0.15, -0.1) is 0 Å². The highest BCUT2D eigenvalue weighted by Crippen LogP contribution is 2.30. The summed E-state index contributed by atoms with van der Waals surface area (Å²) >= 11 is 0. The fourth-order valence-electron chi connectivity index (χ4n) is 2.88. The normalized spacial score (nSPS) is 12.4. The summed E-state index contributed by atoms with van der Waals surface area (Å²) in [7, 11) is 0. The molecule has 0 atom stereocenters. The summed E-state index contributed by atoms with van der Waals surface area (Å²) in [6, 6.07) is 6.01. The Hall–Kier alpha value is -2.90. The van der Waals surface area contributed by atoms with Gasteiger partial charge >= 0.3 is 6.18 Å². The summed E-state index contributed by atoms with van der Waals surface area (Å²) in [5, 5.41) is 7.78. The third-order valence-corrected chi connectivity index (χ3v) is 3.95. The predicted molar refractivity (Wildman–Crippen MR) is 83.0 cm³/mol. The molecule has 0 aliphatic rings. The molecular weight excluding hydrogens is 319 g/mol. The second-order valence-corrected chi connectivity index (χ2v) is 5.63. The summed E-state index contributed by atoms with van der Waals surface area (Å²) in [4.78, 5) is 8.11. The summed E-state index contributed by atoms with van der Waals surface area (Å²) in [5.74, 6) is 0.569. The second-order valence-electron chi connectivity index (χ2n) is 5.63. The summed E-state index contributed by atoms with van der Waals surface area (Å²) < 4.78 is 40.6. The third kappa shape index (κ3) is 2.14. The quantitative estimate of drug-likeness (QED) is 0.575. The number of halogens is 3. The van der Waals surface area contributed by atoms with E-state index in [1.54, 1.807) is 17.7 Å². The first-order valence-corrected chi connectivity index (χ1v) is 7.22. The predicted octanol–water partition coefficient (Wildman–Crippen LogP) is 3.93. The molecule has 5 nitrogen and oxygen atoms in total. The maximum absolute atomic E-state index is 13.0. The Kier molecular flexibility index (Phi) is 2.93. The largest absolute Gasteiger partial charge is 0.433 e. The molecule has 0 amide bonds. The highest BCUT2D eigenvalue weighted by Gasteiger charge is 2.33. The number of imidazole rings is 1. The molecule has 0 unspecified atom stereocenters. The van der Waals surface area contributed by atoms with Crippen LogP contribution in [0.1, 0.15) is 17.1 Å². The molecule has 1 N–H and O–H groups in total. The van der Waals surface area contributed by atoms with E-state index in [1.807, 2.05) is 19.1 Å². The van der Waals surface area contributed by atoms with Crippen LogP contribution in [-0.2, 0) is 6.18 Å². The summed E-state index contributed by atoms with van der Waals surface area (Å²) in [6.45, 7) is 3.65. The minimum atomic E-state index is -4.50. The molecule has 0 aliphatic heterocycles. The number of benzene rings is 1. The van der Waals surface area contributed by atoms with Gasteiger partial charge in [0.15, 0.2) is 5.65 Å². The Balaban J connectivity index is 2.02. The lowest BCUT2D eigenvalue weighted by Crippen LogP contribution is -2.09. The van der Waals surface area contributed by atoms with E-state index in [1.165, 1.54) is 6.07 Å². The van der Waals surface area contributed by atoms with Crippen molar-refractivity contribution in [3.8, 4) is 5.69 Å². The van der Waals surface area contributed by atoms with Crippen molar-refractivity contribution in [2.75, 3.05) is 0 Å². The van der Waals surface area contributed by atoms with E-state index in [-0.39, 0.29) is 5.65 Å². The molecule has 3 aromatic heterocycles. The Morgan fingerprint density at radius 2 is 1.88 bits per heavy atom. The van der Waals surface area contributed by atoms with Gasteiger partial charge in [-0.2, -0.15) is 18.3 Å². The van der Waals surface area contributed by atoms with Gasteiger partial charge < -0.3 is 0 Å². The smallest absolute Gasteiger partial charge is 0.281 e. The van der Waals surface area contributed by atoms with Gasteiger partial charge in [0.05, 0.1) is 11.7 Å². The van der Waals surface area contributed by atoms with Crippen molar-refractivity contribution in [2.45, 2.75) is 20.0 Å². The molecule has 1 aromatic carbocycles. The summed E-state index contributed by atoms with van der Waals surface area (Å²) in [5.41, 5.74) is 2.21. The highest BCUT2D eigenvalue weighted by atomic mass is 19.4. The number of rotatable bonds is 1. The molecule has 4 rings (SSSR count). The number of nitrogens with one attached hydrogen (secondary N) is 1. The average Bonchev–Trinajstić information content (AvgIpc) is 3.08. The lowest BCUT2D eigenvalue weighted by atomic mass is 10.1. The number of aryl methyl sites for hydroxylation is 2. The SMILES string of the molecule is Cc1cc(-n2c(C)nc3ccc(C(F)(F)F)nc32)cc2cn[nH]c12. The first-order valence-electron chi connectivity index (χ1n) is 7.22. The number of fused-ring (bicyclic) bond motifs is 2. The highest BCUT2D eigenvalue weighted by molar-refractivity contribution is 5.84. The number of alkyl halides is 3. The van der Waals surface area contributed by atoms with Gasteiger partial charge in [0.1, 0.15) is 17.0 Å². The Morgan fingerprint density at radius 1 is 1.08 bits per heavy atom. The number of pyridine rings is 1. The van der Waals surface area contributed by atoms with Crippen LogP contribution in [0.5, 0.6) is 0 Å². The van der Waals surface area contributed by atoms with Crippen LogP contribution in [0, 0.1) is 13.8 Å². The van der Waals surface area contributed by atoms with Crippen LogP contribution in [0.3, 0.4) is 0 Å². The molecule has 122 valence electrons. The van der Waals surface area contributed by atoms with Gasteiger partial charge in [0.25, 0.3) is 0 Å². The summed E-state index contributed by atoms with van der Waals surface area (Å²) in [6.07, 6.45) is -2.82. The van der Waals surface area contributed by atoms with Crippen molar-refractivity contribution in [1.82, 2.24) is 24.7 Å². The molecule has 0 fully saturated rings. The fourth-order valence-corrected chi connectivity index (χ4v) is 2.88. The Bertz CT molecular complexity index is 1070. The molecule has 0 aliphatic carbocycles. The van der Waals surface area contributed by atoms with E-state index in [0.29, 0.717) is 17.0 Å². The van der Waals surface area contributed by atoms with E-state index in [0.717, 1.165) is 22.5 Å². The van der Waals surface area contributed by atoms with Crippen molar-refractivity contribution in [3.05, 3.63) is 47.5 Å². The maximum Gasteiger partial charge on any atom is 0.433 e. The van der Waals surface area contributed by atoms with Gasteiger partial charge in [-0.3, -0.25) is 9.67 Å². The lowest BCUT2D eigenvalue weighted by Gasteiger charge is -2.10. The molecule has 0 saturated heterocycles. The molecular formula is C16H12F3N5. The number of aromatic nitrogens is 5. The van der Waals surface area contributed by atoms with E-state index in [2.05, 4.69) is 20.2 Å². The van der Waals surface area contributed by atoms with Crippen LogP contribution < -0.4 is 0 Å². The number of hydrogen-bond donors (Lipinski definition) is 1. The number of nitrogens with zero attached hydrogens (tertiary/aromatic N) is 4. The van der Waals surface area contributed by atoms with E-state index >= 15 is 0 Å². The van der Waals surface area contributed by atoms with E-state index in [4.69, 9.17) is 0 Å². The van der Waals surface area contributed by atoms with Gasteiger partial charge in [0, 0.05) is 11.1 Å². The fraction of sp³-hybridized carbons (Fsp3) is 0.188. The van der Waals surface area contributed by atoms with Crippen molar-refractivity contribution >= 4 is 22.1 Å². The van der Waals surface area contributed by atoms with Crippen LogP contribution in [0.2, 0.25) is 0 Å². The average molecular weight is 331 g/mol. The molecule has 0 radical (unpaired) electrons. The molecule has 24 heavy (non-hydrogen) atoms. The van der Waals surface area contributed by atoms with Crippen molar-refractivity contribution < 1.29 is 13.2 Å². The van der Waals surface area contributed by atoms with E-state index < -0.39 is 11.9 Å². The second kappa shape index (κ2) is 4.80. The Morgan fingerprint density at radius 3 is 2.62 bits per heavy atom. The molecule has 0 bridgehead atoms. The maximum atomic E-state index is 13.0. The zero-order valence-corrected chi connectivity index (χ0v) is 12.8. The Labute approximate surface area is 134 Å². The first kappa shape index (κ1) is 14.7. The third-order valence-electron chi connectivity index (χ3n) is 3.95. The first-order chi connectivity index (χ1) is 11.3. The zero-order valence-electron chi connectivity index (χ0n) is 12.8. The standard InChI is InChI=1S/C16H12F3N5/c1-8-5-11(6-10-7-20-23-14(8)10)24-9(2)21-12-3-4-13(16(17,18)19)22-15(12)24/h3-7H,1-2H3,(H,20,23). The van der Waals surface area contributed by atoms with Gasteiger partial charge in [-0.25, -0.2) is 9.97 Å². The van der Waals surface area contributed by atoms with Crippen LogP contribution >= 0.6 is 0 Å². The van der Waals surface area contributed by atoms with Crippen LogP contribution in [0.4, 0.5) is 13.2 Å². The van der Waals surface area contributed by atoms with Crippen molar-refractivity contribution in [3.63, 3.8) is 0 Å². The van der Waals surface area contributed by atoms with Crippen molar-refractivity contribution in [1.29, 1.82) is 0 Å². The number of H-pyrrole nitrogens is 1.